The Morgan fingerprint density at radius 2 is 1.61 bits per heavy atom. The Morgan fingerprint density at radius 1 is 1.00 bits per heavy atom. The van der Waals surface area contributed by atoms with Crippen LogP contribution in [0.1, 0.15) is 11.1 Å². The zero-order valence-corrected chi connectivity index (χ0v) is 11.4. The molecule has 1 aromatic carbocycles. The third kappa shape index (κ3) is 0.596. The number of hydrogen-bond donors (Lipinski definition) is 0. The molecule has 4 unspecified atom stereocenters. The standard InChI is InChI=1S/C14H10F3I/c15-14(16,17)6-3-1-5(2-4-6)13-9-7-10-8(9)12(13)18(10)11(7)13/h1-4,7-12H. The number of hydrogen-bond acceptors (Lipinski definition) is 0. The maximum atomic E-state index is 12.6. The summed E-state index contributed by atoms with van der Waals surface area (Å²) in [5, 5.41) is 0. The Hall–Kier alpha value is -0.260. The van der Waals surface area contributed by atoms with E-state index in [9.17, 15) is 13.2 Å². The second-order valence-electron chi connectivity index (χ2n) is 6.31. The molecule has 4 heteroatoms. The van der Waals surface area contributed by atoms with E-state index >= 15 is 0 Å². The summed E-state index contributed by atoms with van der Waals surface area (Å²) in [7, 11) is 0. The van der Waals surface area contributed by atoms with E-state index in [0.717, 1.165) is 25.6 Å². The van der Waals surface area contributed by atoms with Crippen LogP contribution in [0.15, 0.2) is 24.3 Å². The SMILES string of the molecule is FC(F)(F)c1ccc(C23C4C5C6C4C2I6C53)cc1. The minimum atomic E-state index is -4.19. The van der Waals surface area contributed by atoms with Gasteiger partial charge in [-0.2, -0.15) is 0 Å². The second-order valence-corrected chi connectivity index (χ2v) is 12.6. The fourth-order valence-electron chi connectivity index (χ4n) is 5.79. The van der Waals surface area contributed by atoms with Crippen molar-refractivity contribution in [1.29, 1.82) is 0 Å². The van der Waals surface area contributed by atoms with Gasteiger partial charge in [-0.1, -0.05) is 0 Å². The van der Waals surface area contributed by atoms with Crippen molar-refractivity contribution in [3.05, 3.63) is 35.4 Å². The molecular weight excluding hydrogens is 352 g/mol. The van der Waals surface area contributed by atoms with Crippen molar-refractivity contribution in [2.24, 2.45) is 17.8 Å². The van der Waals surface area contributed by atoms with Crippen LogP contribution in [0.5, 0.6) is 0 Å². The van der Waals surface area contributed by atoms with Crippen LogP contribution in [-0.4, -0.2) is 11.8 Å². The van der Waals surface area contributed by atoms with Gasteiger partial charge in [-0.15, -0.1) is 0 Å². The molecule has 0 amide bonds. The normalized spacial score (nSPS) is 57.6. The fourth-order valence-corrected chi connectivity index (χ4v) is 18.4. The van der Waals surface area contributed by atoms with Crippen LogP contribution >= 0.6 is 19.8 Å². The van der Waals surface area contributed by atoms with Crippen LogP contribution in [0.4, 0.5) is 13.2 Å². The molecule has 3 aliphatic heterocycles. The zero-order chi connectivity index (χ0) is 12.0. The Bertz CT molecular complexity index is 552. The van der Waals surface area contributed by atoms with Gasteiger partial charge >= 0.3 is 110 Å². The van der Waals surface area contributed by atoms with Crippen molar-refractivity contribution >= 4 is 19.8 Å². The summed E-state index contributed by atoms with van der Waals surface area (Å²) in [5.41, 5.74) is 1.18. The van der Waals surface area contributed by atoms with Crippen LogP contribution in [0.2, 0.25) is 0 Å². The molecule has 3 aliphatic carbocycles. The molecule has 3 heterocycles. The predicted octanol–water partition coefficient (Wildman–Crippen LogP) is 3.47. The zero-order valence-electron chi connectivity index (χ0n) is 9.29. The molecule has 7 rings (SSSR count). The van der Waals surface area contributed by atoms with E-state index < -0.39 is 31.6 Å². The van der Waals surface area contributed by atoms with Crippen LogP contribution < -0.4 is 0 Å². The Kier molecular flexibility index (Phi) is 1.21. The van der Waals surface area contributed by atoms with Crippen LogP contribution in [0, 0.1) is 17.8 Å². The molecule has 6 fully saturated rings. The molecule has 1 aromatic rings. The number of rotatable bonds is 1. The summed E-state index contributed by atoms with van der Waals surface area (Å²) < 4.78 is 41.0. The van der Waals surface area contributed by atoms with Crippen LogP contribution in [0.25, 0.3) is 0 Å². The average molecular weight is 362 g/mol. The van der Waals surface area contributed by atoms with Gasteiger partial charge in [0.05, 0.1) is 0 Å². The van der Waals surface area contributed by atoms with Crippen LogP contribution in [-0.2, 0) is 11.6 Å². The summed E-state index contributed by atoms with van der Waals surface area (Å²) in [4.78, 5) is 0. The van der Waals surface area contributed by atoms with E-state index in [0.29, 0.717) is 5.41 Å². The monoisotopic (exact) mass is 362 g/mol. The Balaban J connectivity index is 1.42. The summed E-state index contributed by atoms with van der Waals surface area (Å²) in [5.74, 6) is 3.00. The molecule has 0 radical (unpaired) electrons. The van der Waals surface area contributed by atoms with Crippen molar-refractivity contribution in [3.8, 4) is 0 Å². The third-order valence-electron chi connectivity index (χ3n) is 6.25. The molecule has 0 bridgehead atoms. The van der Waals surface area contributed by atoms with Gasteiger partial charge in [-0.05, 0) is 0 Å². The number of benzene rings is 1. The average Bonchev–Trinajstić information content (AvgIpc) is 2.38. The van der Waals surface area contributed by atoms with Gasteiger partial charge in [0.1, 0.15) is 0 Å². The van der Waals surface area contributed by atoms with Crippen molar-refractivity contribution in [1.82, 2.24) is 0 Å². The molecule has 0 aromatic heterocycles. The Labute approximate surface area is 109 Å². The first-order valence-corrected chi connectivity index (χ1v) is 10.1. The Morgan fingerprint density at radius 3 is 2.06 bits per heavy atom. The summed E-state index contributed by atoms with van der Waals surface area (Å²) in [6, 6.07) is 6.14. The van der Waals surface area contributed by atoms with Crippen molar-refractivity contribution in [2.45, 2.75) is 23.4 Å². The van der Waals surface area contributed by atoms with Crippen molar-refractivity contribution in [2.75, 3.05) is 0 Å². The molecule has 0 spiro atoms. The summed E-state index contributed by atoms with van der Waals surface area (Å²) in [6.07, 6.45) is -4.19. The van der Waals surface area contributed by atoms with Gasteiger partial charge in [0.15, 0.2) is 0 Å². The third-order valence-corrected chi connectivity index (χ3v) is 16.4. The molecule has 18 heavy (non-hydrogen) atoms. The molecule has 0 nitrogen and oxygen atoms in total. The van der Waals surface area contributed by atoms with E-state index in [1.807, 2.05) is 0 Å². The fraction of sp³-hybridized carbons (Fsp3) is 0.571. The van der Waals surface area contributed by atoms with Gasteiger partial charge in [0.25, 0.3) is 0 Å². The second kappa shape index (κ2) is 2.27. The van der Waals surface area contributed by atoms with Gasteiger partial charge in [-0.3, -0.25) is 0 Å². The topological polar surface area (TPSA) is 0 Å². The molecule has 0 N–H and O–H groups in total. The summed E-state index contributed by atoms with van der Waals surface area (Å²) in [6.45, 7) is 0. The maximum absolute atomic E-state index is 12.6. The molecule has 3 saturated carbocycles. The molecule has 3 saturated heterocycles. The summed E-state index contributed by atoms with van der Waals surface area (Å²) >= 11 is -0.536. The number of alkyl halides is 6. The van der Waals surface area contributed by atoms with E-state index in [2.05, 4.69) is 0 Å². The number of halogens is 4. The quantitative estimate of drug-likeness (QED) is 0.530. The van der Waals surface area contributed by atoms with E-state index in [4.69, 9.17) is 0 Å². The van der Waals surface area contributed by atoms with E-state index in [-0.39, 0.29) is 0 Å². The molecule has 94 valence electrons. The molecular formula is C14H10F3I. The first kappa shape index (κ1) is 9.61. The molecule has 6 aliphatic rings. The van der Waals surface area contributed by atoms with E-state index in [1.165, 1.54) is 21.6 Å². The predicted molar refractivity (Wildman–Crippen MR) is 69.0 cm³/mol. The van der Waals surface area contributed by atoms with Gasteiger partial charge < -0.3 is 0 Å². The van der Waals surface area contributed by atoms with Gasteiger partial charge in [-0.25, -0.2) is 0 Å². The molecule has 4 atom stereocenters. The van der Waals surface area contributed by atoms with E-state index in [1.54, 1.807) is 12.1 Å². The first-order chi connectivity index (χ1) is 8.58. The first-order valence-electron chi connectivity index (χ1n) is 6.41. The van der Waals surface area contributed by atoms with Crippen LogP contribution in [0.3, 0.4) is 0 Å². The van der Waals surface area contributed by atoms with Gasteiger partial charge in [0.2, 0.25) is 0 Å². The van der Waals surface area contributed by atoms with Crippen molar-refractivity contribution < 1.29 is 13.2 Å². The minimum absolute atomic E-state index is 0.430. The van der Waals surface area contributed by atoms with Crippen molar-refractivity contribution in [3.63, 3.8) is 0 Å². The van der Waals surface area contributed by atoms with Gasteiger partial charge in [0, 0.05) is 0 Å².